The molecule has 3 aromatic heterocycles. The lowest BCUT2D eigenvalue weighted by molar-refractivity contribution is -0.143. The lowest BCUT2D eigenvalue weighted by atomic mass is 9.88. The Morgan fingerprint density at radius 2 is 1.98 bits per heavy atom. The van der Waals surface area contributed by atoms with Gasteiger partial charge in [-0.2, -0.15) is 10.4 Å². The Morgan fingerprint density at radius 1 is 1.20 bits per heavy atom. The summed E-state index contributed by atoms with van der Waals surface area (Å²) in [5.74, 6) is 0.646. The molecule has 0 spiro atoms. The SMILES string of the molecule is CC(C)Cc1nc2c(cnn2[C@@H]2CCN(C3(C)COC3)C[C@H]2C)c(-c2ccc3c(c2)OCC(=O)N3Cc2ncc(F)cn2)c1C#N. The maximum Gasteiger partial charge on any atom is 0.265 e. The molecule has 238 valence electrons. The molecule has 7 rings (SSSR count). The van der Waals surface area contributed by atoms with Crippen molar-refractivity contribution in [3.05, 3.63) is 59.7 Å². The van der Waals surface area contributed by atoms with Gasteiger partial charge in [0.15, 0.2) is 18.1 Å². The van der Waals surface area contributed by atoms with Gasteiger partial charge in [0.05, 0.1) is 66.9 Å². The second-order valence-electron chi connectivity index (χ2n) is 13.4. The second kappa shape index (κ2) is 11.7. The molecule has 2 saturated heterocycles. The van der Waals surface area contributed by atoms with Crippen LogP contribution >= 0.6 is 0 Å². The number of hydrogen-bond donors (Lipinski definition) is 0. The van der Waals surface area contributed by atoms with E-state index < -0.39 is 5.82 Å². The van der Waals surface area contributed by atoms with Crippen molar-refractivity contribution in [2.75, 3.05) is 37.8 Å². The molecule has 46 heavy (non-hydrogen) atoms. The lowest BCUT2D eigenvalue weighted by Crippen LogP contribution is -2.63. The fourth-order valence-corrected chi connectivity index (χ4v) is 6.97. The first-order chi connectivity index (χ1) is 22.1. The van der Waals surface area contributed by atoms with Gasteiger partial charge in [0.25, 0.3) is 5.91 Å². The molecule has 1 amide bonds. The maximum absolute atomic E-state index is 13.4. The van der Waals surface area contributed by atoms with Crippen LogP contribution in [0, 0.1) is 29.0 Å². The van der Waals surface area contributed by atoms with Gasteiger partial charge in [-0.1, -0.05) is 26.8 Å². The molecule has 11 nitrogen and oxygen atoms in total. The van der Waals surface area contributed by atoms with Gasteiger partial charge in [-0.3, -0.25) is 14.6 Å². The molecule has 0 saturated carbocycles. The van der Waals surface area contributed by atoms with E-state index in [9.17, 15) is 14.4 Å². The maximum atomic E-state index is 13.4. The van der Waals surface area contributed by atoms with Crippen molar-refractivity contribution in [2.24, 2.45) is 11.8 Å². The first kappa shape index (κ1) is 30.2. The number of anilines is 1. The van der Waals surface area contributed by atoms with Crippen LogP contribution in [0.25, 0.3) is 22.2 Å². The number of hydrogen-bond acceptors (Lipinski definition) is 9. The van der Waals surface area contributed by atoms with Crippen molar-refractivity contribution >= 4 is 22.6 Å². The van der Waals surface area contributed by atoms with Gasteiger partial charge in [0.1, 0.15) is 17.6 Å². The Bertz CT molecular complexity index is 1850. The Kier molecular flexibility index (Phi) is 7.69. The molecule has 0 radical (unpaired) electrons. The monoisotopic (exact) mass is 624 g/mol. The normalized spacial score (nSPS) is 21.2. The van der Waals surface area contributed by atoms with Gasteiger partial charge < -0.3 is 9.47 Å². The summed E-state index contributed by atoms with van der Waals surface area (Å²) in [6, 6.07) is 8.20. The van der Waals surface area contributed by atoms with Gasteiger partial charge in [-0.25, -0.2) is 24.0 Å². The quantitative estimate of drug-likeness (QED) is 0.288. The zero-order valence-electron chi connectivity index (χ0n) is 26.5. The molecule has 3 aliphatic heterocycles. The number of likely N-dealkylation sites (tertiary alicyclic amines) is 1. The summed E-state index contributed by atoms with van der Waals surface area (Å²) in [6.45, 7) is 12.2. The third kappa shape index (κ3) is 5.27. The number of aromatic nitrogens is 5. The summed E-state index contributed by atoms with van der Waals surface area (Å²) < 4.78 is 26.9. The Morgan fingerprint density at radius 3 is 2.65 bits per heavy atom. The third-order valence-corrected chi connectivity index (χ3v) is 9.46. The smallest absolute Gasteiger partial charge is 0.265 e. The number of carbonyl (C=O) groups is 1. The molecular weight excluding hydrogens is 587 g/mol. The predicted molar refractivity (Wildman–Crippen MR) is 169 cm³/mol. The summed E-state index contributed by atoms with van der Waals surface area (Å²) in [7, 11) is 0. The molecule has 6 heterocycles. The van der Waals surface area contributed by atoms with Crippen molar-refractivity contribution in [1.29, 1.82) is 5.26 Å². The summed E-state index contributed by atoms with van der Waals surface area (Å²) in [6.07, 6.45) is 5.58. The van der Waals surface area contributed by atoms with E-state index in [1.54, 1.807) is 0 Å². The predicted octanol–water partition coefficient (Wildman–Crippen LogP) is 4.69. The number of halogens is 1. The Balaban J connectivity index is 1.29. The first-order valence-electron chi connectivity index (χ1n) is 15.8. The summed E-state index contributed by atoms with van der Waals surface area (Å²) >= 11 is 0. The molecule has 4 aromatic rings. The van der Waals surface area contributed by atoms with Gasteiger partial charge in [0, 0.05) is 24.0 Å². The van der Waals surface area contributed by atoms with Crippen molar-refractivity contribution < 1.29 is 18.7 Å². The standard InChI is InChI=1S/C34H37FN8O3/c1-20(2)9-26-24(11-36)32(22-5-6-28-29(10-22)46-17-31(44)42(28)16-30-37-12-23(35)13-38-30)25-14-39-43(33(25)40-26)27-7-8-41(15-21(27)3)34(4)18-45-19-34/h5-6,10,12-14,20-21,27H,7-9,15-19H2,1-4H3/t21-,27-/m1/s1. The van der Waals surface area contributed by atoms with Crippen LogP contribution in [0.5, 0.6) is 5.75 Å². The number of fused-ring (bicyclic) bond motifs is 2. The Hall–Kier alpha value is -4.47. The molecule has 0 aliphatic carbocycles. The average molecular weight is 625 g/mol. The van der Waals surface area contributed by atoms with E-state index in [0.717, 1.165) is 73.0 Å². The van der Waals surface area contributed by atoms with Crippen LogP contribution in [0.3, 0.4) is 0 Å². The molecule has 12 heteroatoms. The number of carbonyl (C=O) groups excluding carboxylic acids is 1. The minimum atomic E-state index is -0.544. The van der Waals surface area contributed by atoms with Crippen molar-refractivity contribution in [1.82, 2.24) is 29.6 Å². The minimum absolute atomic E-state index is 0.0756. The fourth-order valence-electron chi connectivity index (χ4n) is 6.97. The highest BCUT2D eigenvalue weighted by Crippen LogP contribution is 2.42. The molecule has 0 bridgehead atoms. The zero-order chi connectivity index (χ0) is 32.2. The fraction of sp³-hybridized carbons (Fsp3) is 0.471. The van der Waals surface area contributed by atoms with Gasteiger partial charge in [-0.15, -0.1) is 0 Å². The molecule has 2 atom stereocenters. The number of amides is 1. The van der Waals surface area contributed by atoms with Crippen LogP contribution in [0.1, 0.15) is 57.2 Å². The summed E-state index contributed by atoms with van der Waals surface area (Å²) in [5.41, 5.74) is 4.23. The van der Waals surface area contributed by atoms with Crippen LogP contribution in [0.15, 0.2) is 36.8 Å². The molecular formula is C34H37FN8O3. The van der Waals surface area contributed by atoms with E-state index in [-0.39, 0.29) is 36.6 Å². The van der Waals surface area contributed by atoms with Crippen LogP contribution in [0.4, 0.5) is 10.1 Å². The van der Waals surface area contributed by atoms with Crippen molar-refractivity contribution in [3.63, 3.8) is 0 Å². The van der Waals surface area contributed by atoms with Crippen LogP contribution in [0.2, 0.25) is 0 Å². The van der Waals surface area contributed by atoms with E-state index >= 15 is 0 Å². The Labute approximate surface area is 267 Å². The molecule has 3 aliphatic rings. The van der Waals surface area contributed by atoms with Crippen LogP contribution in [-0.2, 0) is 22.5 Å². The highest BCUT2D eigenvalue weighted by atomic mass is 19.1. The minimum Gasteiger partial charge on any atom is -0.482 e. The van der Waals surface area contributed by atoms with Crippen molar-refractivity contribution in [2.45, 2.75) is 58.7 Å². The second-order valence-corrected chi connectivity index (χ2v) is 13.4. The molecule has 0 unspecified atom stereocenters. The average Bonchev–Trinajstić information content (AvgIpc) is 3.44. The summed E-state index contributed by atoms with van der Waals surface area (Å²) in [4.78, 5) is 30.1. The number of benzene rings is 1. The van der Waals surface area contributed by atoms with Gasteiger partial charge in [-0.05, 0) is 49.3 Å². The van der Waals surface area contributed by atoms with E-state index in [1.807, 2.05) is 24.4 Å². The number of ether oxygens (including phenoxy) is 2. The zero-order valence-corrected chi connectivity index (χ0v) is 26.5. The van der Waals surface area contributed by atoms with Crippen molar-refractivity contribution in [3.8, 4) is 22.9 Å². The van der Waals surface area contributed by atoms with Gasteiger partial charge in [0.2, 0.25) is 0 Å². The molecule has 1 aromatic carbocycles. The van der Waals surface area contributed by atoms with Gasteiger partial charge >= 0.3 is 0 Å². The number of nitrogens with zero attached hydrogens (tertiary/aromatic N) is 8. The number of rotatable bonds is 7. The highest BCUT2D eigenvalue weighted by Gasteiger charge is 2.43. The number of piperidine rings is 1. The largest absolute Gasteiger partial charge is 0.482 e. The molecule has 0 N–H and O–H groups in total. The van der Waals surface area contributed by atoms with Crippen LogP contribution < -0.4 is 9.64 Å². The number of nitriles is 1. The van der Waals surface area contributed by atoms with E-state index in [2.05, 4.69) is 53.3 Å². The third-order valence-electron chi connectivity index (χ3n) is 9.46. The first-order valence-corrected chi connectivity index (χ1v) is 15.8. The lowest BCUT2D eigenvalue weighted by Gasteiger charge is -2.51. The highest BCUT2D eigenvalue weighted by molar-refractivity contribution is 6.00. The summed E-state index contributed by atoms with van der Waals surface area (Å²) in [5, 5.41) is 16.2. The molecule has 2 fully saturated rings. The number of pyridine rings is 1. The van der Waals surface area contributed by atoms with E-state index in [1.165, 1.54) is 4.90 Å². The topological polar surface area (TPSA) is 122 Å². The van der Waals surface area contributed by atoms with Crippen LogP contribution in [-0.4, -0.2) is 74.0 Å². The van der Waals surface area contributed by atoms with E-state index in [4.69, 9.17) is 19.6 Å². The van der Waals surface area contributed by atoms with E-state index in [0.29, 0.717) is 35.2 Å².